The Morgan fingerprint density at radius 1 is 0.125 bits per heavy atom. The topological polar surface area (TPSA) is 571 Å². The Morgan fingerprint density at radius 3 is 0.161 bits per heavy atom. The maximum atomic E-state index is 8.58. The van der Waals surface area contributed by atoms with E-state index in [0.717, 1.165) is 119 Å². The van der Waals surface area contributed by atoms with Gasteiger partial charge in [0, 0.05) is 0 Å². The molecule has 0 N–H and O–H groups in total. The van der Waals surface area contributed by atoms with Gasteiger partial charge in [-0.15, -0.1) is 0 Å². The monoisotopic (exact) mass is 944 g/mol. The van der Waals surface area contributed by atoms with E-state index in [4.69, 9.17) is 126 Å². The average molecular weight is 944 g/mol. The molecule has 0 radical (unpaired) electrons. The summed E-state index contributed by atoms with van der Waals surface area (Å²) in [5, 5.41) is 206. The molecule has 0 spiro atoms. The van der Waals surface area contributed by atoms with Gasteiger partial charge < -0.3 is 0 Å². The van der Waals surface area contributed by atoms with E-state index >= 15 is 0 Å². The molecular weight excluding hydrogens is 940 g/mol. The van der Waals surface area contributed by atoms with E-state index < -0.39 is 42.9 Å². The van der Waals surface area contributed by atoms with Gasteiger partial charge in [-0.05, 0) is 0 Å². The van der Waals surface area contributed by atoms with Crippen LogP contribution in [0.1, 0.15) is 0 Å². The fraction of sp³-hybridized carbons (Fsp3) is 0. The van der Waals surface area contributed by atoms with Crippen LogP contribution in [0.3, 0.4) is 0 Å². The van der Waals surface area contributed by atoms with Crippen LogP contribution in [0.5, 0.6) is 0 Å². The molecule has 0 aromatic heterocycles. The third-order valence-electron chi connectivity index (χ3n) is 4.74. The van der Waals surface area contributed by atoms with Crippen LogP contribution >= 0.6 is 0 Å². The standard InChI is InChI=1S/24CN.4Fe.4Na.4H/c24*1-2;;;;;;;;;;;;. The van der Waals surface area contributed by atoms with Gasteiger partial charge in [0.2, 0.25) is 0 Å². The molecule has 0 atom stereocenters. The summed E-state index contributed by atoms with van der Waals surface area (Å²) in [4.78, 5) is 24.8. The van der Waals surface area contributed by atoms with E-state index in [-0.39, 0.29) is 118 Å². The first-order chi connectivity index (χ1) is 23.9. The Kier molecular flexibility index (Phi) is 22.4. The molecule has 56 heavy (non-hydrogen) atoms. The van der Waals surface area contributed by atoms with E-state index in [0.29, 0.717) is 0 Å². The Balaban J connectivity index is -0.0000000893. The summed E-state index contributed by atoms with van der Waals surface area (Å²) in [6.07, 6.45) is 0. The van der Waals surface area contributed by atoms with Gasteiger partial charge in [0.25, 0.3) is 0 Å². The van der Waals surface area contributed by atoms with Crippen molar-refractivity contribution in [3.8, 4) is 119 Å². The van der Waals surface area contributed by atoms with Crippen LogP contribution in [-0.4, -0.2) is 118 Å². The summed E-state index contributed by atoms with van der Waals surface area (Å²) in [7, 11) is -24.7. The minimum absolute atomic E-state index is 0. The molecule has 0 aliphatic heterocycles. The first-order valence-electron chi connectivity index (χ1n) is 9.61. The zero-order valence-corrected chi connectivity index (χ0v) is 28.6. The molecule has 0 rings (SSSR count). The zero-order valence-electron chi connectivity index (χ0n) is 24.1. The number of hydrogen-bond donors (Lipinski definition) is 0. The Hall–Kier alpha value is -6.16. The van der Waals surface area contributed by atoms with Crippen LogP contribution < -0.4 is 0 Å². The summed E-state index contributed by atoms with van der Waals surface area (Å²) in [5.74, 6) is 0. The molecule has 0 aromatic rings. The van der Waals surface area contributed by atoms with Crippen LogP contribution in [0.25, 0.3) is 0 Å². The minimum atomic E-state index is -6.17. The molecule has 256 valence electrons. The third-order valence-corrected chi connectivity index (χ3v) is 19.6. The van der Waals surface area contributed by atoms with Crippen molar-refractivity contribution in [2.75, 3.05) is 0 Å². The van der Waals surface area contributed by atoms with Gasteiger partial charge >= 0.3 is 407 Å². The van der Waals surface area contributed by atoms with Crippen LogP contribution in [0.2, 0.25) is 0 Å². The predicted octanol–water partition coefficient (Wildman–Crippen LogP) is -2.20. The van der Waals surface area contributed by atoms with E-state index in [1.54, 1.807) is 0 Å². The van der Waals surface area contributed by atoms with Crippen molar-refractivity contribution in [1.29, 1.82) is 126 Å². The normalized spacial score (nSPS) is 12.4. The summed E-state index contributed by atoms with van der Waals surface area (Å²) < 4.78 is 0. The fourth-order valence-corrected chi connectivity index (χ4v) is 4.37. The van der Waals surface area contributed by atoms with Gasteiger partial charge in [0.05, 0.1) is 0 Å². The van der Waals surface area contributed by atoms with Gasteiger partial charge in [-0.2, -0.15) is 0 Å². The molecule has 0 amide bonds. The van der Waals surface area contributed by atoms with Gasteiger partial charge in [-0.3, -0.25) is 0 Å². The quantitative estimate of drug-likeness (QED) is 0.233. The molecular formula is C24H4Fe4N24Na4. The SMILES string of the molecule is N#[C][Fe]([C]#N)([C]#N)([C]#N)([C]#N)[C]#N.N#[C][Fe]([C]#N)([C]#N)([C]#N)([C]#N)[C]#N.N#[C][Fe]([C]#N)([C]#N)([C]#N)([C]#N)[C]#N.N#[C][Fe]([C]#N)([C]#N)([C]#N)([C]#N)[C]#N.[NaH].[NaH].[NaH].[NaH]. The molecule has 0 aliphatic rings. The molecule has 0 bridgehead atoms. The van der Waals surface area contributed by atoms with Crippen molar-refractivity contribution in [2.45, 2.75) is 0 Å². The number of nitrogens with zero attached hydrogens (tertiary/aromatic N) is 24. The van der Waals surface area contributed by atoms with Crippen molar-refractivity contribution in [3.63, 3.8) is 0 Å². The van der Waals surface area contributed by atoms with Crippen molar-refractivity contribution < 1.29 is 42.9 Å². The summed E-state index contributed by atoms with van der Waals surface area (Å²) in [6, 6.07) is 0. The van der Waals surface area contributed by atoms with Gasteiger partial charge in [0.1, 0.15) is 0 Å². The Bertz CT molecular complexity index is 1980. The average Bonchev–Trinajstić information content (AvgIpc) is 3.27. The molecule has 0 aliphatic carbocycles. The Labute approximate surface area is 400 Å². The summed E-state index contributed by atoms with van der Waals surface area (Å²) in [5.41, 5.74) is 0. The maximum absolute atomic E-state index is 8.58. The first-order valence-corrected chi connectivity index (χ1v) is 22.9. The molecule has 0 unspecified atom stereocenters. The van der Waals surface area contributed by atoms with Gasteiger partial charge in [0.15, 0.2) is 0 Å². The van der Waals surface area contributed by atoms with Gasteiger partial charge in [-0.25, -0.2) is 0 Å². The molecule has 0 aromatic carbocycles. The molecule has 32 heteroatoms. The molecule has 0 saturated carbocycles. The Morgan fingerprint density at radius 2 is 0.161 bits per heavy atom. The number of nitriles is 24. The van der Waals surface area contributed by atoms with E-state index in [1.807, 2.05) is 0 Å². The van der Waals surface area contributed by atoms with Crippen LogP contribution in [-0.2, 0) is 42.9 Å². The van der Waals surface area contributed by atoms with Crippen molar-refractivity contribution in [1.82, 2.24) is 0 Å². The van der Waals surface area contributed by atoms with E-state index in [9.17, 15) is 0 Å². The van der Waals surface area contributed by atoms with Crippen molar-refractivity contribution >= 4 is 118 Å². The third kappa shape index (κ3) is 8.10. The fourth-order valence-electron chi connectivity index (χ4n) is 1.06. The van der Waals surface area contributed by atoms with E-state index in [2.05, 4.69) is 0 Å². The second-order valence-corrected chi connectivity index (χ2v) is 29.7. The second kappa shape index (κ2) is 18.4. The molecule has 24 nitrogen and oxygen atoms in total. The van der Waals surface area contributed by atoms with Crippen LogP contribution in [0.15, 0.2) is 0 Å². The predicted molar refractivity (Wildman–Crippen MR) is 163 cm³/mol. The van der Waals surface area contributed by atoms with Crippen LogP contribution in [0.4, 0.5) is 0 Å². The summed E-state index contributed by atoms with van der Waals surface area (Å²) >= 11 is 0. The zero-order chi connectivity index (χ0) is 42.6. The number of hydrogen-bond acceptors (Lipinski definition) is 24. The van der Waals surface area contributed by atoms with E-state index in [1.165, 1.54) is 0 Å². The first kappa shape index (κ1) is 67.9. The second-order valence-electron chi connectivity index (χ2n) is 7.20. The van der Waals surface area contributed by atoms with Crippen LogP contribution in [0, 0.1) is 246 Å². The molecule has 0 heterocycles. The molecule has 0 fully saturated rings. The summed E-state index contributed by atoms with van der Waals surface area (Å²) in [6.45, 7) is 0. The number of rotatable bonds is 0. The van der Waals surface area contributed by atoms with Crippen molar-refractivity contribution in [3.05, 3.63) is 0 Å². The van der Waals surface area contributed by atoms with Crippen molar-refractivity contribution in [2.24, 2.45) is 0 Å². The molecule has 0 saturated heterocycles. The van der Waals surface area contributed by atoms with Gasteiger partial charge in [-0.1, -0.05) is 0 Å².